The molecule has 0 radical (unpaired) electrons. The largest absolute Gasteiger partial charge is 0.457 e. The summed E-state index contributed by atoms with van der Waals surface area (Å²) >= 11 is 6.06. The fourth-order valence-electron chi connectivity index (χ4n) is 2.16. The Morgan fingerprint density at radius 3 is 2.71 bits per heavy atom. The van der Waals surface area contributed by atoms with E-state index in [0.29, 0.717) is 22.6 Å². The molecular weight excluding hydrogens is 289 g/mol. The number of ether oxygens (including phenoxy) is 1. The van der Waals surface area contributed by atoms with Gasteiger partial charge in [-0.2, -0.15) is 0 Å². The molecule has 1 saturated carbocycles. The average molecular weight is 306 g/mol. The van der Waals surface area contributed by atoms with Gasteiger partial charge in [-0.3, -0.25) is 0 Å². The summed E-state index contributed by atoms with van der Waals surface area (Å²) in [7, 11) is 0. The summed E-state index contributed by atoms with van der Waals surface area (Å²) in [4.78, 5) is 0. The molecule has 0 spiro atoms. The maximum Gasteiger partial charge on any atom is 0.133 e. The second-order valence-electron chi connectivity index (χ2n) is 5.42. The molecule has 1 aliphatic carbocycles. The zero-order valence-corrected chi connectivity index (χ0v) is 12.6. The van der Waals surface area contributed by atoms with Crippen molar-refractivity contribution in [3.63, 3.8) is 0 Å². The fourth-order valence-corrected chi connectivity index (χ4v) is 2.32. The maximum absolute atomic E-state index is 13.2. The highest BCUT2D eigenvalue weighted by Crippen LogP contribution is 2.31. The molecule has 0 aromatic heterocycles. The Morgan fingerprint density at radius 1 is 1.19 bits per heavy atom. The molecule has 0 heterocycles. The quantitative estimate of drug-likeness (QED) is 0.854. The number of rotatable bonds is 5. The van der Waals surface area contributed by atoms with Crippen molar-refractivity contribution in [3.05, 3.63) is 58.4 Å². The molecule has 0 bridgehead atoms. The van der Waals surface area contributed by atoms with Gasteiger partial charge in [0.1, 0.15) is 17.3 Å². The van der Waals surface area contributed by atoms with Crippen molar-refractivity contribution in [2.75, 3.05) is 0 Å². The molecule has 2 aromatic rings. The molecule has 0 saturated heterocycles. The normalized spacial score (nSPS) is 14.2. The Hall–Kier alpha value is -1.58. The topological polar surface area (TPSA) is 21.3 Å². The lowest BCUT2D eigenvalue weighted by Crippen LogP contribution is -2.15. The van der Waals surface area contributed by atoms with Crippen LogP contribution < -0.4 is 10.1 Å². The van der Waals surface area contributed by atoms with Gasteiger partial charge < -0.3 is 10.1 Å². The van der Waals surface area contributed by atoms with Gasteiger partial charge in [-0.05, 0) is 55.7 Å². The highest BCUT2D eigenvalue weighted by molar-refractivity contribution is 6.30. The standard InChI is InChI=1S/C17H17ClFNO/c1-11-8-14(19)4-7-16(11)21-17-9-13(18)3-2-12(17)10-20-15-5-6-15/h2-4,7-9,15,20H,5-6,10H2,1H3. The molecule has 1 N–H and O–H groups in total. The highest BCUT2D eigenvalue weighted by Gasteiger charge is 2.20. The smallest absolute Gasteiger partial charge is 0.133 e. The number of benzene rings is 2. The van der Waals surface area contributed by atoms with Gasteiger partial charge >= 0.3 is 0 Å². The Kier molecular flexibility index (Phi) is 4.13. The minimum absolute atomic E-state index is 0.262. The average Bonchev–Trinajstić information content (AvgIpc) is 3.25. The number of aryl methyl sites for hydroxylation is 1. The Labute approximate surface area is 128 Å². The lowest BCUT2D eigenvalue weighted by molar-refractivity contribution is 0.467. The van der Waals surface area contributed by atoms with E-state index >= 15 is 0 Å². The fraction of sp³-hybridized carbons (Fsp3) is 0.294. The van der Waals surface area contributed by atoms with E-state index in [1.807, 2.05) is 19.1 Å². The molecule has 0 aliphatic heterocycles. The van der Waals surface area contributed by atoms with E-state index in [4.69, 9.17) is 16.3 Å². The maximum atomic E-state index is 13.2. The summed E-state index contributed by atoms with van der Waals surface area (Å²) in [5.41, 5.74) is 1.81. The van der Waals surface area contributed by atoms with E-state index < -0.39 is 0 Å². The van der Waals surface area contributed by atoms with Crippen LogP contribution in [-0.2, 0) is 6.54 Å². The molecule has 0 amide bonds. The predicted octanol–water partition coefficient (Wildman–Crippen LogP) is 4.83. The van der Waals surface area contributed by atoms with E-state index in [1.165, 1.54) is 25.0 Å². The minimum Gasteiger partial charge on any atom is -0.457 e. The SMILES string of the molecule is Cc1cc(F)ccc1Oc1cc(Cl)ccc1CNC1CC1. The van der Waals surface area contributed by atoms with Crippen LogP contribution in [0, 0.1) is 12.7 Å². The molecule has 0 atom stereocenters. The number of halogens is 2. The number of hydrogen-bond acceptors (Lipinski definition) is 2. The Balaban J connectivity index is 1.83. The van der Waals surface area contributed by atoms with E-state index in [0.717, 1.165) is 17.7 Å². The summed E-state index contributed by atoms with van der Waals surface area (Å²) < 4.78 is 19.1. The van der Waals surface area contributed by atoms with Crippen LogP contribution in [0.4, 0.5) is 4.39 Å². The monoisotopic (exact) mass is 305 g/mol. The molecule has 21 heavy (non-hydrogen) atoms. The van der Waals surface area contributed by atoms with Gasteiger partial charge in [0.15, 0.2) is 0 Å². The summed E-state index contributed by atoms with van der Waals surface area (Å²) in [6.45, 7) is 2.57. The Morgan fingerprint density at radius 2 is 2.00 bits per heavy atom. The van der Waals surface area contributed by atoms with Gasteiger partial charge in [0, 0.05) is 23.2 Å². The third kappa shape index (κ3) is 3.74. The first-order chi connectivity index (χ1) is 10.1. The van der Waals surface area contributed by atoms with Crippen molar-refractivity contribution in [1.82, 2.24) is 5.32 Å². The van der Waals surface area contributed by atoms with Crippen molar-refractivity contribution < 1.29 is 9.13 Å². The summed E-state index contributed by atoms with van der Waals surface area (Å²) in [5.74, 6) is 1.10. The van der Waals surface area contributed by atoms with Crippen LogP contribution in [0.2, 0.25) is 5.02 Å². The molecular formula is C17H17ClFNO. The molecule has 3 rings (SSSR count). The molecule has 4 heteroatoms. The lowest BCUT2D eigenvalue weighted by atomic mass is 10.2. The molecule has 1 fully saturated rings. The molecule has 2 aromatic carbocycles. The summed E-state index contributed by atoms with van der Waals surface area (Å²) in [5, 5.41) is 4.08. The molecule has 1 aliphatic rings. The van der Waals surface area contributed by atoms with Crippen molar-refractivity contribution in [3.8, 4) is 11.5 Å². The van der Waals surface area contributed by atoms with E-state index in [-0.39, 0.29) is 5.82 Å². The van der Waals surface area contributed by atoms with Gasteiger partial charge in [-0.1, -0.05) is 17.7 Å². The van der Waals surface area contributed by atoms with Gasteiger partial charge in [-0.15, -0.1) is 0 Å². The van der Waals surface area contributed by atoms with Gasteiger partial charge in [0.2, 0.25) is 0 Å². The number of hydrogen-bond donors (Lipinski definition) is 1. The number of nitrogens with one attached hydrogen (secondary N) is 1. The van der Waals surface area contributed by atoms with Crippen LogP contribution in [0.15, 0.2) is 36.4 Å². The first-order valence-electron chi connectivity index (χ1n) is 7.07. The molecule has 0 unspecified atom stereocenters. The van der Waals surface area contributed by atoms with Gasteiger partial charge in [0.05, 0.1) is 0 Å². The third-order valence-corrected chi connectivity index (χ3v) is 3.78. The zero-order chi connectivity index (χ0) is 14.8. The first kappa shape index (κ1) is 14.4. The van der Waals surface area contributed by atoms with Crippen LogP contribution in [0.5, 0.6) is 11.5 Å². The Bertz CT molecular complexity index is 655. The second-order valence-corrected chi connectivity index (χ2v) is 5.86. The van der Waals surface area contributed by atoms with E-state index in [2.05, 4.69) is 5.32 Å². The minimum atomic E-state index is -0.262. The van der Waals surface area contributed by atoms with Gasteiger partial charge in [0.25, 0.3) is 0 Å². The first-order valence-corrected chi connectivity index (χ1v) is 7.45. The van der Waals surface area contributed by atoms with Crippen LogP contribution in [0.25, 0.3) is 0 Å². The second kappa shape index (κ2) is 6.04. The summed E-state index contributed by atoms with van der Waals surface area (Å²) in [6, 6.07) is 10.7. The van der Waals surface area contributed by atoms with E-state index in [1.54, 1.807) is 12.1 Å². The predicted molar refractivity (Wildman–Crippen MR) is 82.5 cm³/mol. The van der Waals surface area contributed by atoms with E-state index in [9.17, 15) is 4.39 Å². The summed E-state index contributed by atoms with van der Waals surface area (Å²) in [6.07, 6.45) is 2.47. The van der Waals surface area contributed by atoms with Crippen LogP contribution >= 0.6 is 11.6 Å². The third-order valence-electron chi connectivity index (χ3n) is 3.54. The van der Waals surface area contributed by atoms with Crippen molar-refractivity contribution in [2.45, 2.75) is 32.4 Å². The van der Waals surface area contributed by atoms with Crippen LogP contribution in [0.3, 0.4) is 0 Å². The molecule has 110 valence electrons. The van der Waals surface area contributed by atoms with Crippen LogP contribution in [-0.4, -0.2) is 6.04 Å². The molecule has 2 nitrogen and oxygen atoms in total. The van der Waals surface area contributed by atoms with Crippen molar-refractivity contribution in [1.29, 1.82) is 0 Å². The van der Waals surface area contributed by atoms with Crippen LogP contribution in [0.1, 0.15) is 24.0 Å². The zero-order valence-electron chi connectivity index (χ0n) is 11.8. The van der Waals surface area contributed by atoms with Crippen molar-refractivity contribution in [2.24, 2.45) is 0 Å². The lowest BCUT2D eigenvalue weighted by Gasteiger charge is -2.14. The van der Waals surface area contributed by atoms with Crippen molar-refractivity contribution >= 4 is 11.6 Å². The van der Waals surface area contributed by atoms with Gasteiger partial charge in [-0.25, -0.2) is 4.39 Å². The highest BCUT2D eigenvalue weighted by atomic mass is 35.5.